The maximum atomic E-state index is 13.7. The van der Waals surface area contributed by atoms with E-state index in [1.54, 1.807) is 0 Å². The molecule has 0 radical (unpaired) electrons. The van der Waals surface area contributed by atoms with Gasteiger partial charge in [0.15, 0.2) is 14.0 Å². The topological polar surface area (TPSA) is 94.3 Å². The van der Waals surface area contributed by atoms with Crippen LogP contribution >= 0.6 is 11.6 Å². The summed E-state index contributed by atoms with van der Waals surface area (Å²) in [5, 5.41) is 0. The van der Waals surface area contributed by atoms with Gasteiger partial charge in [-0.1, -0.05) is 108 Å². The molecule has 2 aromatic rings. The number of hydrogen-bond donors (Lipinski definition) is 1. The van der Waals surface area contributed by atoms with Crippen molar-refractivity contribution in [3.63, 3.8) is 0 Å². The molecule has 1 amide bonds. The molecule has 1 unspecified atom stereocenters. The fourth-order valence-electron chi connectivity index (χ4n) is 4.85. The van der Waals surface area contributed by atoms with Crippen LogP contribution in [0.5, 0.6) is 0 Å². The molecule has 2 N–H and O–H groups in total. The first kappa shape index (κ1) is 33.0. The highest BCUT2D eigenvalue weighted by Crippen LogP contribution is 2.38. The monoisotopic (exact) mass is 575 g/mol. The quantitative estimate of drug-likeness (QED) is 0.120. The zero-order valence-electron chi connectivity index (χ0n) is 23.5. The lowest BCUT2D eigenvalue weighted by atomic mass is 10.0. The second-order valence-electron chi connectivity index (χ2n) is 10.6. The molecule has 0 fully saturated rings. The third kappa shape index (κ3) is 11.4. The van der Waals surface area contributed by atoms with Crippen molar-refractivity contribution in [2.24, 2.45) is 5.73 Å². The van der Waals surface area contributed by atoms with Crippen LogP contribution in [0.25, 0.3) is 0 Å². The van der Waals surface area contributed by atoms with Gasteiger partial charge in [-0.3, -0.25) is 9.59 Å². The largest absolute Gasteiger partial charge is 0.366 e. The van der Waals surface area contributed by atoms with Crippen molar-refractivity contribution in [3.05, 3.63) is 65.7 Å². The summed E-state index contributed by atoms with van der Waals surface area (Å²) in [5.41, 5.74) is 6.46. The second-order valence-corrected chi connectivity index (χ2v) is 13.8. The zero-order chi connectivity index (χ0) is 28.6. The Hall–Kier alpha value is -2.18. The van der Waals surface area contributed by atoms with Crippen molar-refractivity contribution >= 4 is 33.1 Å². The highest BCUT2D eigenvalue weighted by atomic mass is 35.5. The molecule has 216 valence electrons. The van der Waals surface area contributed by atoms with Gasteiger partial charge in [0.1, 0.15) is 5.78 Å². The van der Waals surface area contributed by atoms with E-state index >= 15 is 0 Å². The number of aryl methyl sites for hydroxylation is 1. The van der Waals surface area contributed by atoms with Gasteiger partial charge >= 0.3 is 0 Å². The van der Waals surface area contributed by atoms with E-state index in [-0.39, 0.29) is 29.1 Å². The van der Waals surface area contributed by atoms with Crippen molar-refractivity contribution in [3.8, 4) is 0 Å². The van der Waals surface area contributed by atoms with Gasteiger partial charge in [-0.2, -0.15) is 0 Å². The van der Waals surface area contributed by atoms with Crippen LogP contribution in [0.15, 0.2) is 59.5 Å². The standard InChI is InChI=1S/C32H46ClNO4S/c1-2-3-4-5-6-7-8-9-10-11-12-16-19-29(35)26-32(33,25-24-27-17-14-13-15-18-27)39(37,38)30-22-20-28(21-23-30)31(34)36/h13-15,17-18,20-23H,2-12,16,19,24-26H2,1H3,(H2,34,36). The molecule has 0 aromatic heterocycles. The van der Waals surface area contributed by atoms with E-state index in [1.165, 1.54) is 82.1 Å². The number of nitrogens with two attached hydrogens (primary N) is 1. The fourth-order valence-corrected chi connectivity index (χ4v) is 7.00. The number of unbranched alkanes of at least 4 members (excludes halogenated alkanes) is 11. The lowest BCUT2D eigenvalue weighted by molar-refractivity contribution is -0.119. The highest BCUT2D eigenvalue weighted by molar-refractivity contribution is 7.94. The summed E-state index contributed by atoms with van der Waals surface area (Å²) >= 11 is 6.86. The molecule has 7 heteroatoms. The molecule has 39 heavy (non-hydrogen) atoms. The molecule has 1 atom stereocenters. The van der Waals surface area contributed by atoms with E-state index in [2.05, 4.69) is 6.92 Å². The molecule has 0 saturated heterocycles. The first-order valence-corrected chi connectivity index (χ1v) is 16.4. The van der Waals surface area contributed by atoms with Crippen LogP contribution < -0.4 is 5.73 Å². The minimum Gasteiger partial charge on any atom is -0.366 e. The Morgan fingerprint density at radius 2 is 1.28 bits per heavy atom. The van der Waals surface area contributed by atoms with E-state index in [0.717, 1.165) is 24.8 Å². The van der Waals surface area contributed by atoms with Gasteiger partial charge in [0.05, 0.1) is 4.90 Å². The van der Waals surface area contributed by atoms with E-state index in [0.29, 0.717) is 12.8 Å². The third-order valence-electron chi connectivity index (χ3n) is 7.33. The van der Waals surface area contributed by atoms with Crippen LogP contribution in [-0.4, -0.2) is 24.3 Å². The number of ketones is 1. The van der Waals surface area contributed by atoms with Gasteiger partial charge in [-0.15, -0.1) is 11.6 Å². The number of benzene rings is 2. The number of carbonyl (C=O) groups excluding carboxylic acids is 2. The number of alkyl halides is 1. The Bertz CT molecular complexity index is 1100. The van der Waals surface area contributed by atoms with Gasteiger partial charge in [0.2, 0.25) is 5.91 Å². The fraction of sp³-hybridized carbons (Fsp3) is 0.562. The average Bonchev–Trinajstić information content (AvgIpc) is 2.93. The van der Waals surface area contributed by atoms with Crippen molar-refractivity contribution in [2.45, 2.75) is 119 Å². The average molecular weight is 576 g/mol. The van der Waals surface area contributed by atoms with E-state index < -0.39 is 20.0 Å². The minimum absolute atomic E-state index is 0.0197. The SMILES string of the molecule is CCCCCCCCCCCCCCC(=O)CC(Cl)(CCc1ccccc1)S(=O)(=O)c1ccc(C(N)=O)cc1. The molecule has 5 nitrogen and oxygen atoms in total. The van der Waals surface area contributed by atoms with Crippen LogP contribution in [0.3, 0.4) is 0 Å². The molecular formula is C32H46ClNO4S. The number of rotatable bonds is 21. The molecule has 0 bridgehead atoms. The summed E-state index contributed by atoms with van der Waals surface area (Å²) in [7, 11) is -4.07. The van der Waals surface area contributed by atoms with Crippen LogP contribution in [0.1, 0.15) is 119 Å². The Morgan fingerprint density at radius 1 is 0.769 bits per heavy atom. The van der Waals surface area contributed by atoms with E-state index in [4.69, 9.17) is 17.3 Å². The first-order chi connectivity index (χ1) is 18.7. The van der Waals surface area contributed by atoms with Gasteiger partial charge in [0.25, 0.3) is 0 Å². The third-order valence-corrected chi connectivity index (χ3v) is 10.5. The van der Waals surface area contributed by atoms with E-state index in [9.17, 15) is 18.0 Å². The van der Waals surface area contributed by atoms with Crippen molar-refractivity contribution in [1.82, 2.24) is 0 Å². The lowest BCUT2D eigenvalue weighted by Gasteiger charge is -2.27. The molecule has 0 saturated carbocycles. The molecule has 2 aromatic carbocycles. The Labute approximate surface area is 240 Å². The summed E-state index contributed by atoms with van der Waals surface area (Å²) in [6.07, 6.45) is 15.0. The van der Waals surface area contributed by atoms with Crippen molar-refractivity contribution in [1.29, 1.82) is 0 Å². The molecular weight excluding hydrogens is 530 g/mol. The molecule has 0 heterocycles. The number of amides is 1. The number of Topliss-reactive ketones (excluding diaryl/α,β-unsaturated/α-hetero) is 1. The number of halogens is 1. The van der Waals surface area contributed by atoms with Crippen LogP contribution in [0.4, 0.5) is 0 Å². The van der Waals surface area contributed by atoms with Gasteiger partial charge in [-0.05, 0) is 49.1 Å². The number of primary amides is 1. The molecule has 0 aliphatic rings. The maximum Gasteiger partial charge on any atom is 0.248 e. The van der Waals surface area contributed by atoms with Crippen molar-refractivity contribution < 1.29 is 18.0 Å². The molecule has 0 aliphatic carbocycles. The molecule has 0 spiro atoms. The smallest absolute Gasteiger partial charge is 0.248 e. The van der Waals surface area contributed by atoms with Gasteiger partial charge < -0.3 is 5.73 Å². The Morgan fingerprint density at radius 3 is 1.79 bits per heavy atom. The van der Waals surface area contributed by atoms with Crippen molar-refractivity contribution in [2.75, 3.05) is 0 Å². The number of hydrogen-bond acceptors (Lipinski definition) is 4. The second kappa shape index (κ2) is 17.5. The highest BCUT2D eigenvalue weighted by Gasteiger charge is 2.44. The summed E-state index contributed by atoms with van der Waals surface area (Å²) in [6.45, 7) is 2.24. The maximum absolute atomic E-state index is 13.7. The lowest BCUT2D eigenvalue weighted by Crippen LogP contribution is -2.36. The van der Waals surface area contributed by atoms with E-state index in [1.807, 2.05) is 30.3 Å². The van der Waals surface area contributed by atoms with Crippen LogP contribution in [-0.2, 0) is 21.1 Å². The summed E-state index contributed by atoms with van der Waals surface area (Å²) in [6, 6.07) is 14.9. The molecule has 2 rings (SSSR count). The first-order valence-electron chi connectivity index (χ1n) is 14.6. The van der Waals surface area contributed by atoms with Crippen LogP contribution in [0.2, 0.25) is 0 Å². The van der Waals surface area contributed by atoms with Gasteiger partial charge in [-0.25, -0.2) is 8.42 Å². The summed E-state index contributed by atoms with van der Waals surface area (Å²) in [5.74, 6) is -0.778. The number of sulfone groups is 1. The summed E-state index contributed by atoms with van der Waals surface area (Å²) in [4.78, 5) is 24.4. The Kier molecular flexibility index (Phi) is 14.8. The van der Waals surface area contributed by atoms with Crippen LogP contribution in [0, 0.1) is 0 Å². The summed E-state index contributed by atoms with van der Waals surface area (Å²) < 4.78 is 25.6. The minimum atomic E-state index is -4.07. The predicted octanol–water partition coefficient (Wildman–Crippen LogP) is 8.18. The predicted molar refractivity (Wildman–Crippen MR) is 161 cm³/mol. The zero-order valence-corrected chi connectivity index (χ0v) is 25.1. The number of carbonyl (C=O) groups is 2. The van der Waals surface area contributed by atoms with Gasteiger partial charge in [0, 0.05) is 18.4 Å². The normalized spacial score (nSPS) is 13.2. The Balaban J connectivity index is 1.90. The molecule has 0 aliphatic heterocycles.